The molecule has 0 aliphatic carbocycles. The zero-order chi connectivity index (χ0) is 8.97. The maximum absolute atomic E-state index is 5.74. The van der Waals surface area contributed by atoms with Crippen LogP contribution in [0.3, 0.4) is 0 Å². The van der Waals surface area contributed by atoms with Crippen LogP contribution in [0.25, 0.3) is 6.08 Å². The first kappa shape index (κ1) is 8.53. The van der Waals surface area contributed by atoms with Crippen LogP contribution in [0.4, 0.5) is 11.4 Å². The van der Waals surface area contributed by atoms with Crippen LogP contribution >= 0.6 is 0 Å². The Morgan fingerprint density at radius 1 is 1.50 bits per heavy atom. The molecule has 0 aliphatic rings. The molecule has 0 atom stereocenters. The molecule has 0 aromatic heterocycles. The quantitative estimate of drug-likeness (QED) is 0.524. The van der Waals surface area contributed by atoms with E-state index in [4.69, 9.17) is 5.73 Å². The Labute approximate surface area is 72.4 Å². The van der Waals surface area contributed by atoms with E-state index in [-0.39, 0.29) is 0 Å². The minimum Gasteiger partial charge on any atom is -0.398 e. The average Bonchev–Trinajstić information content (AvgIpc) is 2.09. The van der Waals surface area contributed by atoms with Crippen molar-refractivity contribution < 1.29 is 0 Å². The molecule has 2 nitrogen and oxygen atoms in total. The van der Waals surface area contributed by atoms with Crippen LogP contribution in [0.1, 0.15) is 12.5 Å². The van der Waals surface area contributed by atoms with Crippen LogP contribution in [-0.2, 0) is 0 Å². The molecule has 2 N–H and O–H groups in total. The third kappa shape index (κ3) is 1.53. The zero-order valence-electron chi connectivity index (χ0n) is 7.12. The van der Waals surface area contributed by atoms with Gasteiger partial charge < -0.3 is 5.73 Å². The fraction of sp³-hybridized carbons (Fsp3) is 0.100. The third-order valence-electron chi connectivity index (χ3n) is 1.62. The molecule has 0 saturated carbocycles. The lowest BCUT2D eigenvalue weighted by Gasteiger charge is -2.02. The Balaban J connectivity index is 3.28. The number of hydrogen-bond acceptors (Lipinski definition) is 2. The second-order valence-corrected chi connectivity index (χ2v) is 2.44. The van der Waals surface area contributed by atoms with E-state index in [1.165, 1.54) is 0 Å². The fourth-order valence-electron chi connectivity index (χ4n) is 1.06. The monoisotopic (exact) mass is 160 g/mol. The maximum atomic E-state index is 5.74. The fourth-order valence-corrected chi connectivity index (χ4v) is 1.06. The lowest BCUT2D eigenvalue weighted by molar-refractivity contribution is 1.52. The topological polar surface area (TPSA) is 38.4 Å². The molecule has 0 radical (unpaired) electrons. The number of allylic oxidation sites excluding steroid dienone is 1. The predicted molar refractivity (Wildman–Crippen MR) is 54.8 cm³/mol. The number of nitrogens with two attached hydrogens (primary N) is 1. The van der Waals surface area contributed by atoms with Crippen molar-refractivity contribution in [2.24, 2.45) is 4.99 Å². The lowest BCUT2D eigenvalue weighted by atomic mass is 10.1. The minimum atomic E-state index is 0.734. The summed E-state index contributed by atoms with van der Waals surface area (Å²) in [4.78, 5) is 3.87. The lowest BCUT2D eigenvalue weighted by Crippen LogP contribution is -1.88. The molecule has 1 aromatic carbocycles. The van der Waals surface area contributed by atoms with Crippen molar-refractivity contribution in [2.45, 2.75) is 6.92 Å². The number of anilines is 1. The first-order chi connectivity index (χ1) is 5.79. The van der Waals surface area contributed by atoms with Crippen LogP contribution in [0.5, 0.6) is 0 Å². The van der Waals surface area contributed by atoms with Gasteiger partial charge in [0.25, 0.3) is 0 Å². The second kappa shape index (κ2) is 3.72. The normalized spacial score (nSPS) is 10.4. The standard InChI is InChI=1S/C10H12N2/c1-3-5-8-9(11)6-4-7-10(8)12-2/h3-7H,2,11H2,1H3. The van der Waals surface area contributed by atoms with Gasteiger partial charge in [0.15, 0.2) is 0 Å². The largest absolute Gasteiger partial charge is 0.398 e. The third-order valence-corrected chi connectivity index (χ3v) is 1.62. The molecule has 0 spiro atoms. The number of nitrogens with zero attached hydrogens (tertiary/aromatic N) is 1. The van der Waals surface area contributed by atoms with E-state index in [0.717, 1.165) is 16.9 Å². The van der Waals surface area contributed by atoms with E-state index < -0.39 is 0 Å². The van der Waals surface area contributed by atoms with Crippen molar-refractivity contribution in [3.05, 3.63) is 29.8 Å². The average molecular weight is 160 g/mol. The molecule has 0 bridgehead atoms. The summed E-state index contributed by atoms with van der Waals surface area (Å²) in [6.07, 6.45) is 3.86. The Hall–Kier alpha value is -1.57. The van der Waals surface area contributed by atoms with Gasteiger partial charge >= 0.3 is 0 Å². The van der Waals surface area contributed by atoms with E-state index in [1.807, 2.05) is 37.3 Å². The van der Waals surface area contributed by atoms with Gasteiger partial charge in [-0.1, -0.05) is 18.2 Å². The van der Waals surface area contributed by atoms with Gasteiger partial charge in [-0.25, -0.2) is 0 Å². The Morgan fingerprint density at radius 2 is 2.25 bits per heavy atom. The summed E-state index contributed by atoms with van der Waals surface area (Å²) < 4.78 is 0. The van der Waals surface area contributed by atoms with Crippen molar-refractivity contribution in [1.82, 2.24) is 0 Å². The van der Waals surface area contributed by atoms with Gasteiger partial charge in [-0.3, -0.25) is 4.99 Å². The number of rotatable bonds is 2. The highest BCUT2D eigenvalue weighted by molar-refractivity contribution is 5.75. The van der Waals surface area contributed by atoms with Crippen LogP contribution < -0.4 is 5.73 Å². The van der Waals surface area contributed by atoms with E-state index in [2.05, 4.69) is 11.7 Å². The Kier molecular flexibility index (Phi) is 2.64. The van der Waals surface area contributed by atoms with Crippen molar-refractivity contribution in [2.75, 3.05) is 5.73 Å². The summed E-state index contributed by atoms with van der Waals surface area (Å²) >= 11 is 0. The molecule has 1 aromatic rings. The molecule has 12 heavy (non-hydrogen) atoms. The van der Waals surface area contributed by atoms with E-state index in [0.29, 0.717) is 0 Å². The van der Waals surface area contributed by atoms with Gasteiger partial charge in [0.1, 0.15) is 0 Å². The number of aliphatic imine (C=N–C) groups is 1. The van der Waals surface area contributed by atoms with Gasteiger partial charge in [-0.2, -0.15) is 0 Å². The van der Waals surface area contributed by atoms with Crippen LogP contribution in [0.15, 0.2) is 29.3 Å². The summed E-state index contributed by atoms with van der Waals surface area (Å²) in [7, 11) is 0. The molecular formula is C10H12N2. The molecule has 1 rings (SSSR count). The molecule has 2 heteroatoms. The first-order valence-corrected chi connectivity index (χ1v) is 3.77. The second-order valence-electron chi connectivity index (χ2n) is 2.44. The van der Waals surface area contributed by atoms with Crippen LogP contribution in [-0.4, -0.2) is 6.72 Å². The Bertz CT molecular complexity index is 314. The molecule has 0 saturated heterocycles. The SMILES string of the molecule is C=Nc1cccc(N)c1C=CC. The van der Waals surface area contributed by atoms with Gasteiger partial charge in [0.05, 0.1) is 5.69 Å². The number of benzene rings is 1. The van der Waals surface area contributed by atoms with E-state index in [1.54, 1.807) is 0 Å². The summed E-state index contributed by atoms with van der Waals surface area (Å²) in [5.74, 6) is 0. The molecule has 0 unspecified atom stereocenters. The van der Waals surface area contributed by atoms with Gasteiger partial charge in [-0.05, 0) is 25.8 Å². The first-order valence-electron chi connectivity index (χ1n) is 3.77. The highest BCUT2D eigenvalue weighted by Crippen LogP contribution is 2.25. The minimum absolute atomic E-state index is 0.734. The van der Waals surface area contributed by atoms with Crippen LogP contribution in [0.2, 0.25) is 0 Å². The van der Waals surface area contributed by atoms with E-state index >= 15 is 0 Å². The molecule has 0 aliphatic heterocycles. The van der Waals surface area contributed by atoms with Crippen LogP contribution in [0, 0.1) is 0 Å². The number of hydrogen-bond donors (Lipinski definition) is 1. The molecular weight excluding hydrogens is 148 g/mol. The number of nitrogen functional groups attached to an aromatic ring is 1. The molecule has 0 heterocycles. The summed E-state index contributed by atoms with van der Waals surface area (Å²) in [6, 6.07) is 5.61. The van der Waals surface area contributed by atoms with Crippen molar-refractivity contribution in [1.29, 1.82) is 0 Å². The smallest absolute Gasteiger partial charge is 0.0715 e. The summed E-state index contributed by atoms with van der Waals surface area (Å²) in [5.41, 5.74) is 8.25. The zero-order valence-corrected chi connectivity index (χ0v) is 7.12. The highest BCUT2D eigenvalue weighted by atomic mass is 14.7. The van der Waals surface area contributed by atoms with Crippen molar-refractivity contribution in [3.8, 4) is 0 Å². The van der Waals surface area contributed by atoms with Gasteiger partial charge in [0.2, 0.25) is 0 Å². The molecule has 0 amide bonds. The predicted octanol–water partition coefficient (Wildman–Crippen LogP) is 2.63. The molecule has 0 fully saturated rings. The highest BCUT2D eigenvalue weighted by Gasteiger charge is 1.99. The Morgan fingerprint density at radius 3 is 2.83 bits per heavy atom. The maximum Gasteiger partial charge on any atom is 0.0715 e. The van der Waals surface area contributed by atoms with E-state index in [9.17, 15) is 0 Å². The van der Waals surface area contributed by atoms with Crippen molar-refractivity contribution in [3.63, 3.8) is 0 Å². The molecule has 62 valence electrons. The van der Waals surface area contributed by atoms with Gasteiger partial charge in [0, 0.05) is 11.3 Å². The summed E-state index contributed by atoms with van der Waals surface area (Å²) in [5, 5.41) is 0. The summed E-state index contributed by atoms with van der Waals surface area (Å²) in [6.45, 7) is 5.42. The van der Waals surface area contributed by atoms with Crippen molar-refractivity contribution >= 4 is 24.2 Å². The van der Waals surface area contributed by atoms with Gasteiger partial charge in [-0.15, -0.1) is 0 Å².